The minimum absolute atomic E-state index is 0. The standard InChI is InChI=1S/C18H19N7O4S2.Na.H/c1-23-18(20-21-22-23)31-8-10-5-9-7-24(17(29)19-6-11-3-2-4-30-11)14-12(9)25(15(14)26)13(10)16(27)28;;/h2-4,9,12,14H,5-8H2,1H3,(H,19,29)(H,27,28);;/q;+1;-1/t9-,12-,14+;;/m1../s1. The number of thiophene rings is 1. The van der Waals surface area contributed by atoms with E-state index in [0.717, 1.165) is 4.88 Å². The van der Waals surface area contributed by atoms with Crippen molar-refractivity contribution in [1.29, 1.82) is 0 Å². The Hall–Kier alpha value is -1.93. The van der Waals surface area contributed by atoms with Gasteiger partial charge in [0.25, 0.3) is 5.91 Å². The maximum atomic E-state index is 12.9. The monoisotopic (exact) mass is 485 g/mol. The number of β-lactam (4-membered cyclic amide) rings is 1. The number of tetrazole rings is 1. The fraction of sp³-hybridized carbons (Fsp3) is 0.444. The van der Waals surface area contributed by atoms with Crippen molar-refractivity contribution in [3.63, 3.8) is 0 Å². The zero-order valence-corrected chi connectivity index (χ0v) is 21.1. The first-order valence-electron chi connectivity index (χ1n) is 9.66. The van der Waals surface area contributed by atoms with Gasteiger partial charge in [-0.2, -0.15) is 0 Å². The number of hydrogen-bond donors (Lipinski definition) is 2. The van der Waals surface area contributed by atoms with Gasteiger partial charge in [-0.1, -0.05) is 17.8 Å². The molecule has 0 unspecified atom stereocenters. The van der Waals surface area contributed by atoms with Crippen LogP contribution in [0.25, 0.3) is 0 Å². The Morgan fingerprint density at radius 1 is 1.44 bits per heavy atom. The molecule has 2 fully saturated rings. The second-order valence-electron chi connectivity index (χ2n) is 7.63. The van der Waals surface area contributed by atoms with E-state index in [-0.39, 0.29) is 60.6 Å². The zero-order chi connectivity index (χ0) is 21.7. The van der Waals surface area contributed by atoms with E-state index in [1.165, 1.54) is 21.3 Å². The Morgan fingerprint density at radius 2 is 2.25 bits per heavy atom. The number of carboxylic acid groups (broad SMARTS) is 1. The zero-order valence-electron chi connectivity index (χ0n) is 18.5. The molecule has 164 valence electrons. The summed E-state index contributed by atoms with van der Waals surface area (Å²) in [5.41, 5.74) is 0.695. The van der Waals surface area contributed by atoms with Crippen LogP contribution in [-0.4, -0.2) is 77.4 Å². The molecule has 2 saturated heterocycles. The molecule has 14 heteroatoms. The number of carboxylic acids is 1. The normalized spacial score (nSPS) is 23.5. The Labute approximate surface area is 215 Å². The second-order valence-corrected chi connectivity index (χ2v) is 9.60. The molecule has 3 aliphatic rings. The smallest absolute Gasteiger partial charge is 1.00 e. The molecular formula is C18H20N7NaO4S2. The van der Waals surface area contributed by atoms with Crippen molar-refractivity contribution in [2.75, 3.05) is 12.3 Å². The third kappa shape index (κ3) is 3.85. The molecule has 2 N–H and O–H groups in total. The Bertz CT molecular complexity index is 1100. The summed E-state index contributed by atoms with van der Waals surface area (Å²) in [7, 11) is 1.71. The molecule has 0 bridgehead atoms. The summed E-state index contributed by atoms with van der Waals surface area (Å²) >= 11 is 2.88. The molecule has 0 aromatic carbocycles. The van der Waals surface area contributed by atoms with Gasteiger partial charge in [0.1, 0.15) is 11.7 Å². The second kappa shape index (κ2) is 9.14. The Morgan fingerprint density at radius 3 is 2.91 bits per heavy atom. The van der Waals surface area contributed by atoms with Gasteiger partial charge in [-0.3, -0.25) is 9.69 Å². The number of aliphatic carboxylic acids is 1. The van der Waals surface area contributed by atoms with Crippen LogP contribution in [0.3, 0.4) is 0 Å². The molecule has 0 spiro atoms. The number of amides is 3. The van der Waals surface area contributed by atoms with E-state index < -0.39 is 12.0 Å². The SMILES string of the molecule is Cn1nnnc1SCC1=C(C(=O)O)N2C(=O)[C@@H]3[C@H]2[C@H](C1)CN3C(=O)NCc1cccs1.[H-].[Na+]. The molecular weight excluding hydrogens is 465 g/mol. The van der Waals surface area contributed by atoms with Crippen LogP contribution in [-0.2, 0) is 23.2 Å². The molecule has 3 atom stereocenters. The van der Waals surface area contributed by atoms with Crippen LogP contribution in [0.4, 0.5) is 4.79 Å². The maximum absolute atomic E-state index is 12.9. The Balaban J connectivity index is 0.00000153. The van der Waals surface area contributed by atoms with Crippen molar-refractivity contribution in [3.05, 3.63) is 33.7 Å². The number of hydrogen-bond acceptors (Lipinski definition) is 8. The van der Waals surface area contributed by atoms with Crippen LogP contribution in [0, 0.1) is 5.92 Å². The van der Waals surface area contributed by atoms with Crippen molar-refractivity contribution < 1.29 is 50.5 Å². The molecule has 11 nitrogen and oxygen atoms in total. The number of aromatic nitrogens is 4. The van der Waals surface area contributed by atoms with E-state index in [1.807, 2.05) is 17.5 Å². The minimum atomic E-state index is -1.13. The molecule has 2 aromatic rings. The topological polar surface area (TPSA) is 134 Å². The minimum Gasteiger partial charge on any atom is -1.00 e. The van der Waals surface area contributed by atoms with Crippen molar-refractivity contribution in [2.24, 2.45) is 13.0 Å². The van der Waals surface area contributed by atoms with Gasteiger partial charge < -0.3 is 16.7 Å². The Kier molecular flexibility index (Phi) is 6.63. The number of nitrogens with one attached hydrogen (secondary N) is 1. The number of nitrogens with zero attached hydrogens (tertiary/aromatic N) is 6. The summed E-state index contributed by atoms with van der Waals surface area (Å²) in [6, 6.07) is 2.68. The molecule has 32 heavy (non-hydrogen) atoms. The van der Waals surface area contributed by atoms with Gasteiger partial charge >= 0.3 is 41.6 Å². The fourth-order valence-electron chi connectivity index (χ4n) is 4.55. The molecule has 0 saturated carbocycles. The van der Waals surface area contributed by atoms with E-state index in [9.17, 15) is 19.5 Å². The summed E-state index contributed by atoms with van der Waals surface area (Å²) in [5.74, 6) is -1.10. The number of carbonyl (C=O) groups is 3. The van der Waals surface area contributed by atoms with E-state index in [2.05, 4.69) is 20.8 Å². The van der Waals surface area contributed by atoms with Gasteiger partial charge in [0.15, 0.2) is 0 Å². The van der Waals surface area contributed by atoms with Crippen LogP contribution in [0.1, 0.15) is 12.7 Å². The summed E-state index contributed by atoms with van der Waals surface area (Å²) in [4.78, 5) is 41.7. The largest absolute Gasteiger partial charge is 1.00 e. The van der Waals surface area contributed by atoms with Crippen LogP contribution < -0.4 is 34.9 Å². The van der Waals surface area contributed by atoms with E-state index in [4.69, 9.17) is 0 Å². The predicted octanol–water partition coefficient (Wildman–Crippen LogP) is -2.36. The maximum Gasteiger partial charge on any atom is 1.00 e. The average molecular weight is 486 g/mol. The fourth-order valence-corrected chi connectivity index (χ4v) is 6.07. The van der Waals surface area contributed by atoms with Crippen LogP contribution in [0.15, 0.2) is 33.9 Å². The molecule has 0 radical (unpaired) electrons. The van der Waals surface area contributed by atoms with Gasteiger partial charge in [-0.05, 0) is 33.9 Å². The van der Waals surface area contributed by atoms with Gasteiger partial charge in [-0.15, -0.1) is 16.4 Å². The van der Waals surface area contributed by atoms with Crippen molar-refractivity contribution >= 4 is 41.0 Å². The van der Waals surface area contributed by atoms with Gasteiger partial charge in [0, 0.05) is 30.1 Å². The molecule has 2 aromatic heterocycles. The molecule has 5 heterocycles. The molecule has 3 aliphatic heterocycles. The number of rotatable bonds is 6. The first-order chi connectivity index (χ1) is 15.0. The van der Waals surface area contributed by atoms with Gasteiger partial charge in [0.05, 0.1) is 12.6 Å². The van der Waals surface area contributed by atoms with Crippen LogP contribution in [0.2, 0.25) is 0 Å². The summed E-state index contributed by atoms with van der Waals surface area (Å²) in [5, 5.41) is 26.5. The van der Waals surface area contributed by atoms with E-state index in [0.29, 0.717) is 36.0 Å². The summed E-state index contributed by atoms with van der Waals surface area (Å²) in [6.07, 6.45) is 0.513. The number of carbonyl (C=O) groups excluding carboxylic acids is 2. The molecule has 5 rings (SSSR count). The first-order valence-corrected chi connectivity index (χ1v) is 11.5. The molecule has 3 amide bonds. The summed E-state index contributed by atoms with van der Waals surface area (Å²) in [6.45, 7) is 0.819. The van der Waals surface area contributed by atoms with E-state index >= 15 is 0 Å². The average Bonchev–Trinajstić information content (AvgIpc) is 3.47. The molecule has 0 aliphatic carbocycles. The number of aryl methyl sites for hydroxylation is 1. The third-order valence-electron chi connectivity index (χ3n) is 5.86. The first kappa shape index (κ1) is 23.2. The van der Waals surface area contributed by atoms with Crippen molar-refractivity contribution in [1.82, 2.24) is 35.3 Å². The van der Waals surface area contributed by atoms with Crippen LogP contribution in [0.5, 0.6) is 0 Å². The van der Waals surface area contributed by atoms with Crippen molar-refractivity contribution in [3.8, 4) is 0 Å². The van der Waals surface area contributed by atoms with Gasteiger partial charge in [-0.25, -0.2) is 14.3 Å². The van der Waals surface area contributed by atoms with Crippen molar-refractivity contribution in [2.45, 2.75) is 30.2 Å². The van der Waals surface area contributed by atoms with E-state index in [1.54, 1.807) is 23.3 Å². The quantitative estimate of drug-likeness (QED) is 0.264. The van der Waals surface area contributed by atoms with Crippen LogP contribution >= 0.6 is 23.1 Å². The number of thioether (sulfide) groups is 1. The third-order valence-corrected chi connectivity index (χ3v) is 7.83. The predicted molar refractivity (Wildman–Crippen MR) is 111 cm³/mol. The number of urea groups is 1. The number of likely N-dealkylation sites (tertiary alicyclic amines) is 1. The summed E-state index contributed by atoms with van der Waals surface area (Å²) < 4.78 is 1.51. The van der Waals surface area contributed by atoms with Gasteiger partial charge in [0.2, 0.25) is 5.16 Å².